The van der Waals surface area contributed by atoms with Gasteiger partial charge in [-0.25, -0.2) is 4.99 Å². The molecule has 10 heteroatoms. The SMILES string of the molecule is Cc1nnc(CN=C(NCC2CCCO2)N(C)Cc2ccc(Cl)c(Cl)c2)n1C.I. The van der Waals surface area contributed by atoms with Crippen LogP contribution in [-0.4, -0.2) is 51.9 Å². The molecule has 29 heavy (non-hydrogen) atoms. The van der Waals surface area contributed by atoms with Gasteiger partial charge in [0.2, 0.25) is 0 Å². The molecule has 1 saturated heterocycles. The molecule has 1 fully saturated rings. The van der Waals surface area contributed by atoms with Gasteiger partial charge in [0.15, 0.2) is 11.8 Å². The van der Waals surface area contributed by atoms with Gasteiger partial charge in [0, 0.05) is 33.8 Å². The second-order valence-electron chi connectivity index (χ2n) is 6.98. The summed E-state index contributed by atoms with van der Waals surface area (Å²) >= 11 is 12.2. The van der Waals surface area contributed by atoms with Gasteiger partial charge in [-0.05, 0) is 37.5 Å². The molecule has 0 bridgehead atoms. The average Bonchev–Trinajstić information content (AvgIpc) is 3.29. The van der Waals surface area contributed by atoms with Crippen molar-refractivity contribution in [3.63, 3.8) is 0 Å². The summed E-state index contributed by atoms with van der Waals surface area (Å²) in [6.07, 6.45) is 2.40. The number of nitrogens with zero attached hydrogens (tertiary/aromatic N) is 5. The predicted octanol–water partition coefficient (Wildman–Crippen LogP) is 3.80. The standard InChI is InChI=1S/C19H26Cl2N6O.HI/c1-13-24-25-18(27(13)3)11-23-19(22-10-15-5-4-8-28-15)26(2)12-14-6-7-16(20)17(21)9-14;/h6-7,9,15H,4-5,8,10-12H2,1-3H3,(H,22,23);1H. The lowest BCUT2D eigenvalue weighted by atomic mass is 10.2. The van der Waals surface area contributed by atoms with Gasteiger partial charge in [-0.1, -0.05) is 29.3 Å². The number of guanidine groups is 1. The maximum absolute atomic E-state index is 6.15. The van der Waals surface area contributed by atoms with E-state index in [0.717, 1.165) is 49.2 Å². The maximum atomic E-state index is 6.15. The molecule has 0 amide bonds. The Labute approximate surface area is 198 Å². The highest BCUT2D eigenvalue weighted by atomic mass is 127. The van der Waals surface area contributed by atoms with Crippen LogP contribution in [0.15, 0.2) is 23.2 Å². The number of ether oxygens (including phenoxy) is 1. The van der Waals surface area contributed by atoms with Crippen LogP contribution in [0.3, 0.4) is 0 Å². The zero-order valence-corrected chi connectivity index (χ0v) is 20.7. The maximum Gasteiger partial charge on any atom is 0.194 e. The number of aryl methyl sites for hydroxylation is 1. The van der Waals surface area contributed by atoms with Crippen molar-refractivity contribution >= 4 is 53.1 Å². The van der Waals surface area contributed by atoms with Crippen LogP contribution in [0.5, 0.6) is 0 Å². The van der Waals surface area contributed by atoms with Crippen LogP contribution in [0.4, 0.5) is 0 Å². The van der Waals surface area contributed by atoms with E-state index in [9.17, 15) is 0 Å². The summed E-state index contributed by atoms with van der Waals surface area (Å²) < 4.78 is 7.67. The first kappa shape index (κ1) is 24.2. The number of halogens is 3. The zero-order valence-electron chi connectivity index (χ0n) is 16.9. The number of aliphatic imine (C=N–C) groups is 1. The van der Waals surface area contributed by atoms with Crippen molar-refractivity contribution in [2.45, 2.75) is 39.0 Å². The molecule has 160 valence electrons. The topological polar surface area (TPSA) is 67.6 Å². The van der Waals surface area contributed by atoms with Gasteiger partial charge in [0.1, 0.15) is 12.4 Å². The molecule has 1 atom stereocenters. The van der Waals surface area contributed by atoms with Gasteiger partial charge < -0.3 is 19.5 Å². The number of aromatic nitrogens is 3. The Morgan fingerprint density at radius 3 is 2.76 bits per heavy atom. The first-order valence-electron chi connectivity index (χ1n) is 9.34. The van der Waals surface area contributed by atoms with Crippen LogP contribution < -0.4 is 5.32 Å². The molecule has 7 nitrogen and oxygen atoms in total. The molecular formula is C19H27Cl2IN6O. The highest BCUT2D eigenvalue weighted by molar-refractivity contribution is 14.0. The molecule has 0 saturated carbocycles. The number of hydrogen-bond acceptors (Lipinski definition) is 4. The van der Waals surface area contributed by atoms with E-state index >= 15 is 0 Å². The fourth-order valence-corrected chi connectivity index (χ4v) is 3.36. The summed E-state index contributed by atoms with van der Waals surface area (Å²) in [7, 11) is 3.94. The molecular weight excluding hydrogens is 526 g/mol. The zero-order chi connectivity index (χ0) is 20.1. The third-order valence-electron chi connectivity index (χ3n) is 4.83. The average molecular weight is 553 g/mol. The molecule has 0 spiro atoms. The van der Waals surface area contributed by atoms with Crippen molar-refractivity contribution in [2.75, 3.05) is 20.2 Å². The molecule has 1 aromatic heterocycles. The van der Waals surface area contributed by atoms with Gasteiger partial charge in [-0.15, -0.1) is 34.2 Å². The lowest BCUT2D eigenvalue weighted by Crippen LogP contribution is -2.42. The van der Waals surface area contributed by atoms with E-state index in [0.29, 0.717) is 23.1 Å². The highest BCUT2D eigenvalue weighted by Gasteiger charge is 2.17. The van der Waals surface area contributed by atoms with Gasteiger partial charge in [-0.2, -0.15) is 0 Å². The Hall–Kier alpha value is -1.10. The molecule has 0 radical (unpaired) electrons. The molecule has 2 aromatic rings. The Balaban J connectivity index is 0.00000300. The van der Waals surface area contributed by atoms with Gasteiger partial charge in [0.05, 0.1) is 16.1 Å². The van der Waals surface area contributed by atoms with Crippen LogP contribution in [0.1, 0.15) is 30.1 Å². The normalized spacial score (nSPS) is 16.6. The minimum atomic E-state index is 0. The Kier molecular flexibility index (Phi) is 9.45. The quantitative estimate of drug-likeness (QED) is 0.335. The molecule has 0 aliphatic carbocycles. The predicted molar refractivity (Wildman–Crippen MR) is 127 cm³/mol. The van der Waals surface area contributed by atoms with Crippen LogP contribution >= 0.6 is 47.2 Å². The van der Waals surface area contributed by atoms with E-state index < -0.39 is 0 Å². The minimum absolute atomic E-state index is 0. The van der Waals surface area contributed by atoms with Crippen molar-refractivity contribution < 1.29 is 4.74 Å². The van der Waals surface area contributed by atoms with E-state index in [2.05, 4.69) is 20.4 Å². The Morgan fingerprint density at radius 1 is 1.34 bits per heavy atom. The number of rotatable bonds is 6. The van der Waals surface area contributed by atoms with Gasteiger partial charge in [0.25, 0.3) is 0 Å². The van der Waals surface area contributed by atoms with Crippen molar-refractivity contribution in [1.82, 2.24) is 25.0 Å². The summed E-state index contributed by atoms with van der Waals surface area (Å²) in [4.78, 5) is 6.81. The third kappa shape index (κ3) is 6.70. The van der Waals surface area contributed by atoms with E-state index in [1.165, 1.54) is 0 Å². The Bertz CT molecular complexity index is 838. The van der Waals surface area contributed by atoms with Gasteiger partial charge in [-0.3, -0.25) is 0 Å². The first-order valence-corrected chi connectivity index (χ1v) is 10.1. The summed E-state index contributed by atoms with van der Waals surface area (Å²) in [5.74, 6) is 2.46. The molecule has 3 rings (SSSR count). The molecule has 1 aliphatic heterocycles. The van der Waals surface area contributed by atoms with E-state index in [1.54, 1.807) is 0 Å². The molecule has 2 heterocycles. The highest BCUT2D eigenvalue weighted by Crippen LogP contribution is 2.23. The van der Waals surface area contributed by atoms with Crippen LogP contribution in [-0.2, 0) is 24.9 Å². The summed E-state index contributed by atoms with van der Waals surface area (Å²) in [6.45, 7) is 4.56. The lowest BCUT2D eigenvalue weighted by Gasteiger charge is -2.24. The molecule has 1 N–H and O–H groups in total. The fourth-order valence-electron chi connectivity index (χ4n) is 3.04. The monoisotopic (exact) mass is 552 g/mol. The second-order valence-corrected chi connectivity index (χ2v) is 7.80. The van der Waals surface area contributed by atoms with E-state index in [4.69, 9.17) is 32.9 Å². The number of nitrogens with one attached hydrogen (secondary N) is 1. The fraction of sp³-hybridized carbons (Fsp3) is 0.526. The van der Waals surface area contributed by atoms with E-state index in [-0.39, 0.29) is 30.1 Å². The Morgan fingerprint density at radius 2 is 2.14 bits per heavy atom. The lowest BCUT2D eigenvalue weighted by molar-refractivity contribution is 0.113. The summed E-state index contributed by atoms with van der Waals surface area (Å²) in [5, 5.41) is 12.8. The van der Waals surface area contributed by atoms with Gasteiger partial charge >= 0.3 is 0 Å². The largest absolute Gasteiger partial charge is 0.376 e. The summed E-state index contributed by atoms with van der Waals surface area (Å²) in [6, 6.07) is 5.66. The van der Waals surface area contributed by atoms with E-state index in [1.807, 2.05) is 43.8 Å². The molecule has 1 unspecified atom stereocenters. The van der Waals surface area contributed by atoms with Crippen LogP contribution in [0, 0.1) is 6.92 Å². The van der Waals surface area contributed by atoms with Crippen molar-refractivity contribution in [3.8, 4) is 0 Å². The van der Waals surface area contributed by atoms with Crippen LogP contribution in [0.2, 0.25) is 10.0 Å². The first-order chi connectivity index (χ1) is 13.4. The number of benzene rings is 1. The molecule has 1 aliphatic rings. The minimum Gasteiger partial charge on any atom is -0.376 e. The molecule has 1 aromatic carbocycles. The van der Waals surface area contributed by atoms with Crippen LogP contribution in [0.25, 0.3) is 0 Å². The van der Waals surface area contributed by atoms with Crippen molar-refractivity contribution in [2.24, 2.45) is 12.0 Å². The third-order valence-corrected chi connectivity index (χ3v) is 5.57. The second kappa shape index (κ2) is 11.3. The smallest absolute Gasteiger partial charge is 0.194 e. The van der Waals surface area contributed by atoms with Crippen molar-refractivity contribution in [1.29, 1.82) is 0 Å². The summed E-state index contributed by atoms with van der Waals surface area (Å²) in [5.41, 5.74) is 1.05. The van der Waals surface area contributed by atoms with Crippen molar-refractivity contribution in [3.05, 3.63) is 45.5 Å². The number of hydrogen-bond donors (Lipinski definition) is 1.